The highest BCUT2D eigenvalue weighted by Crippen LogP contribution is 2.26. The fraction of sp³-hybridized carbons (Fsp3) is 0.407. The van der Waals surface area contributed by atoms with Crippen molar-refractivity contribution in [2.24, 2.45) is 5.92 Å². The molecule has 1 atom stereocenters. The van der Waals surface area contributed by atoms with Gasteiger partial charge in [0, 0.05) is 25.2 Å². The number of nitrogens with zero attached hydrogens (tertiary/aromatic N) is 2. The van der Waals surface area contributed by atoms with Gasteiger partial charge in [-0.05, 0) is 69.5 Å². The zero-order valence-electron chi connectivity index (χ0n) is 19.8. The SMILES string of the molecule is COc1ccc(-c2nc(CN3CCCC(C(=O)NCCc4ccc(C)cc4)C3)c(C)o2)cc1. The van der Waals surface area contributed by atoms with Gasteiger partial charge >= 0.3 is 0 Å². The number of ether oxygens (including phenoxy) is 1. The molecule has 1 aliphatic heterocycles. The number of benzene rings is 2. The van der Waals surface area contributed by atoms with Crippen LogP contribution < -0.4 is 10.1 Å². The summed E-state index contributed by atoms with van der Waals surface area (Å²) >= 11 is 0. The molecule has 4 rings (SSSR count). The van der Waals surface area contributed by atoms with Gasteiger partial charge in [-0.3, -0.25) is 9.69 Å². The molecule has 0 spiro atoms. The Hall–Kier alpha value is -3.12. The topological polar surface area (TPSA) is 67.6 Å². The number of aryl methyl sites for hydroxylation is 2. The molecule has 6 nitrogen and oxygen atoms in total. The normalized spacial score (nSPS) is 16.5. The molecular weight excluding hydrogens is 414 g/mol. The largest absolute Gasteiger partial charge is 0.497 e. The van der Waals surface area contributed by atoms with Crippen LogP contribution in [0, 0.1) is 19.8 Å². The molecule has 2 aromatic carbocycles. The average Bonchev–Trinajstić information content (AvgIpc) is 3.20. The summed E-state index contributed by atoms with van der Waals surface area (Å²) in [7, 11) is 1.65. The third-order valence-corrected chi connectivity index (χ3v) is 6.31. The quantitative estimate of drug-likeness (QED) is 0.549. The monoisotopic (exact) mass is 447 g/mol. The Bertz CT molecular complexity index is 1060. The molecule has 0 saturated carbocycles. The van der Waals surface area contributed by atoms with Crippen LogP contribution in [0.5, 0.6) is 5.75 Å². The fourth-order valence-corrected chi connectivity index (χ4v) is 4.29. The smallest absolute Gasteiger partial charge is 0.226 e. The summed E-state index contributed by atoms with van der Waals surface area (Å²) in [5, 5.41) is 3.14. The maximum atomic E-state index is 12.8. The van der Waals surface area contributed by atoms with Gasteiger partial charge in [0.1, 0.15) is 11.5 Å². The fourth-order valence-electron chi connectivity index (χ4n) is 4.29. The van der Waals surface area contributed by atoms with E-state index in [4.69, 9.17) is 14.1 Å². The first kappa shape index (κ1) is 23.1. The number of carbonyl (C=O) groups excluding carboxylic acids is 1. The third kappa shape index (κ3) is 6.02. The molecule has 1 N–H and O–H groups in total. The zero-order valence-corrected chi connectivity index (χ0v) is 19.8. The molecule has 1 aromatic heterocycles. The van der Waals surface area contributed by atoms with Gasteiger partial charge in [-0.15, -0.1) is 0 Å². The molecule has 3 aromatic rings. The number of amides is 1. The van der Waals surface area contributed by atoms with Gasteiger partial charge in [0.2, 0.25) is 11.8 Å². The molecule has 1 aliphatic rings. The number of nitrogens with one attached hydrogen (secondary N) is 1. The van der Waals surface area contributed by atoms with Gasteiger partial charge in [0.15, 0.2) is 0 Å². The van der Waals surface area contributed by atoms with Crippen molar-refractivity contribution in [3.8, 4) is 17.2 Å². The van der Waals surface area contributed by atoms with E-state index in [0.29, 0.717) is 19.0 Å². The van der Waals surface area contributed by atoms with E-state index in [2.05, 4.69) is 41.4 Å². The van der Waals surface area contributed by atoms with Gasteiger partial charge < -0.3 is 14.5 Å². The van der Waals surface area contributed by atoms with Crippen molar-refractivity contribution >= 4 is 5.91 Å². The number of piperidine rings is 1. The summed E-state index contributed by atoms with van der Waals surface area (Å²) in [6.45, 7) is 7.12. The maximum Gasteiger partial charge on any atom is 0.226 e. The highest BCUT2D eigenvalue weighted by atomic mass is 16.5. The molecule has 0 bridgehead atoms. The molecule has 174 valence electrons. The Morgan fingerprint density at radius 3 is 2.64 bits per heavy atom. The summed E-state index contributed by atoms with van der Waals surface area (Å²) in [6.07, 6.45) is 2.80. The third-order valence-electron chi connectivity index (χ3n) is 6.31. The van der Waals surface area contributed by atoms with Crippen LogP contribution in [0.25, 0.3) is 11.5 Å². The van der Waals surface area contributed by atoms with Crippen LogP contribution in [0.4, 0.5) is 0 Å². The van der Waals surface area contributed by atoms with Crippen molar-refractivity contribution in [1.82, 2.24) is 15.2 Å². The van der Waals surface area contributed by atoms with Gasteiger partial charge in [-0.1, -0.05) is 29.8 Å². The summed E-state index contributed by atoms with van der Waals surface area (Å²) in [4.78, 5) is 19.8. The van der Waals surface area contributed by atoms with E-state index in [9.17, 15) is 4.79 Å². The van der Waals surface area contributed by atoms with E-state index in [0.717, 1.165) is 55.1 Å². The minimum Gasteiger partial charge on any atom is -0.497 e. The van der Waals surface area contributed by atoms with E-state index in [1.807, 2.05) is 31.2 Å². The lowest BCUT2D eigenvalue weighted by Crippen LogP contribution is -2.43. The molecule has 2 heterocycles. The van der Waals surface area contributed by atoms with E-state index >= 15 is 0 Å². The van der Waals surface area contributed by atoms with Crippen LogP contribution >= 0.6 is 0 Å². The number of hydrogen-bond donors (Lipinski definition) is 1. The second kappa shape index (κ2) is 10.7. The predicted octanol–water partition coefficient (Wildman–Crippen LogP) is 4.54. The first-order valence-electron chi connectivity index (χ1n) is 11.7. The van der Waals surface area contributed by atoms with Crippen molar-refractivity contribution in [2.45, 2.75) is 39.7 Å². The summed E-state index contributed by atoms with van der Waals surface area (Å²) in [5.41, 5.74) is 4.36. The molecule has 33 heavy (non-hydrogen) atoms. The first-order chi connectivity index (χ1) is 16.0. The van der Waals surface area contributed by atoms with Crippen LogP contribution in [0.2, 0.25) is 0 Å². The molecule has 1 unspecified atom stereocenters. The number of rotatable bonds is 8. The Kier molecular flexibility index (Phi) is 7.45. The van der Waals surface area contributed by atoms with Crippen LogP contribution in [-0.4, -0.2) is 42.5 Å². The predicted molar refractivity (Wildman–Crippen MR) is 129 cm³/mol. The van der Waals surface area contributed by atoms with E-state index in [1.165, 1.54) is 11.1 Å². The summed E-state index contributed by atoms with van der Waals surface area (Å²) < 4.78 is 11.2. The van der Waals surface area contributed by atoms with E-state index in [-0.39, 0.29) is 11.8 Å². The molecular formula is C27H33N3O3. The van der Waals surface area contributed by atoms with E-state index < -0.39 is 0 Å². The summed E-state index contributed by atoms with van der Waals surface area (Å²) in [5.74, 6) is 2.42. The van der Waals surface area contributed by atoms with E-state index in [1.54, 1.807) is 7.11 Å². The Labute approximate surface area is 196 Å². The second-order valence-corrected chi connectivity index (χ2v) is 8.85. The van der Waals surface area contributed by atoms with Crippen LogP contribution in [-0.2, 0) is 17.8 Å². The van der Waals surface area contributed by atoms with Crippen LogP contribution in [0.3, 0.4) is 0 Å². The number of methoxy groups -OCH3 is 1. The van der Waals surface area contributed by atoms with Crippen LogP contribution in [0.15, 0.2) is 52.9 Å². The Balaban J connectivity index is 1.30. The average molecular weight is 448 g/mol. The molecule has 1 amide bonds. The molecule has 6 heteroatoms. The van der Waals surface area contributed by atoms with Gasteiger partial charge in [0.05, 0.1) is 18.7 Å². The van der Waals surface area contributed by atoms with Crippen molar-refractivity contribution in [1.29, 1.82) is 0 Å². The standard InChI is InChI=1S/C27H33N3O3/c1-19-6-8-21(9-7-19)14-15-28-26(31)23-5-4-16-30(17-23)18-25-20(2)33-27(29-25)22-10-12-24(32-3)13-11-22/h6-13,23H,4-5,14-18H2,1-3H3,(H,28,31). The van der Waals surface area contributed by atoms with Gasteiger partial charge in [0.25, 0.3) is 0 Å². The highest BCUT2D eigenvalue weighted by Gasteiger charge is 2.26. The minimum atomic E-state index is 0.0185. The highest BCUT2D eigenvalue weighted by molar-refractivity contribution is 5.79. The van der Waals surface area contributed by atoms with Crippen molar-refractivity contribution in [2.75, 3.05) is 26.7 Å². The molecule has 1 fully saturated rings. The molecule has 1 saturated heterocycles. The van der Waals surface area contributed by atoms with Gasteiger partial charge in [-0.25, -0.2) is 4.98 Å². The minimum absolute atomic E-state index is 0.0185. The summed E-state index contributed by atoms with van der Waals surface area (Å²) in [6, 6.07) is 16.2. The molecule has 0 radical (unpaired) electrons. The first-order valence-corrected chi connectivity index (χ1v) is 11.7. The van der Waals surface area contributed by atoms with Crippen molar-refractivity contribution in [3.63, 3.8) is 0 Å². The lowest BCUT2D eigenvalue weighted by Gasteiger charge is -2.31. The molecule has 0 aliphatic carbocycles. The van der Waals surface area contributed by atoms with Crippen molar-refractivity contribution < 1.29 is 13.9 Å². The maximum absolute atomic E-state index is 12.8. The number of hydrogen-bond acceptors (Lipinski definition) is 5. The number of oxazole rings is 1. The number of likely N-dealkylation sites (tertiary alicyclic amines) is 1. The number of carbonyl (C=O) groups is 1. The Morgan fingerprint density at radius 1 is 1.15 bits per heavy atom. The zero-order chi connectivity index (χ0) is 23.2. The van der Waals surface area contributed by atoms with Crippen LogP contribution in [0.1, 0.15) is 35.4 Å². The van der Waals surface area contributed by atoms with Gasteiger partial charge in [-0.2, -0.15) is 0 Å². The lowest BCUT2D eigenvalue weighted by molar-refractivity contribution is -0.126. The Morgan fingerprint density at radius 2 is 1.91 bits per heavy atom. The lowest BCUT2D eigenvalue weighted by atomic mass is 9.97. The number of aromatic nitrogens is 1. The van der Waals surface area contributed by atoms with Crippen molar-refractivity contribution in [3.05, 3.63) is 71.1 Å². The second-order valence-electron chi connectivity index (χ2n) is 8.85.